The van der Waals surface area contributed by atoms with Crippen LogP contribution in [0.5, 0.6) is 0 Å². The first-order valence-corrected chi connectivity index (χ1v) is 4.33. The van der Waals surface area contributed by atoms with Gasteiger partial charge in [-0.05, 0) is 5.56 Å². The molecule has 0 atom stereocenters. The first-order valence-electron chi connectivity index (χ1n) is 4.33. The van der Waals surface area contributed by atoms with E-state index in [2.05, 4.69) is 6.07 Å². The number of benzene rings is 1. The molecule has 0 amide bonds. The van der Waals surface area contributed by atoms with Gasteiger partial charge in [-0.15, -0.1) is 0 Å². The van der Waals surface area contributed by atoms with E-state index in [0.717, 1.165) is 11.1 Å². The first kappa shape index (κ1) is 10.7. The summed E-state index contributed by atoms with van der Waals surface area (Å²) in [5, 5.41) is 8.49. The fraction of sp³-hybridized carbons (Fsp3) is 0.364. The van der Waals surface area contributed by atoms with E-state index in [9.17, 15) is 0 Å². The zero-order valence-electron chi connectivity index (χ0n) is 8.36. The van der Waals surface area contributed by atoms with E-state index in [1.165, 1.54) is 0 Å². The monoisotopic (exact) mass is 191 g/mol. The standard InChI is InChI=1S/C11H13NO2/c1-13-11(14-2)10-5-3-9(4-6-10)7-8-12/h3-6,11H,7H2,1-2H3. The van der Waals surface area contributed by atoms with Crippen molar-refractivity contribution in [2.75, 3.05) is 14.2 Å². The van der Waals surface area contributed by atoms with Crippen molar-refractivity contribution in [1.29, 1.82) is 5.26 Å². The van der Waals surface area contributed by atoms with Crippen molar-refractivity contribution in [1.82, 2.24) is 0 Å². The number of rotatable bonds is 4. The summed E-state index contributed by atoms with van der Waals surface area (Å²) in [7, 11) is 3.19. The summed E-state index contributed by atoms with van der Waals surface area (Å²) < 4.78 is 10.2. The van der Waals surface area contributed by atoms with Gasteiger partial charge in [0, 0.05) is 19.8 Å². The van der Waals surface area contributed by atoms with Crippen molar-refractivity contribution in [3.8, 4) is 6.07 Å². The van der Waals surface area contributed by atoms with Gasteiger partial charge in [-0.25, -0.2) is 0 Å². The van der Waals surface area contributed by atoms with Crippen molar-refractivity contribution in [3.63, 3.8) is 0 Å². The van der Waals surface area contributed by atoms with Gasteiger partial charge in [-0.1, -0.05) is 24.3 Å². The van der Waals surface area contributed by atoms with E-state index in [0.29, 0.717) is 6.42 Å². The molecule has 1 aromatic carbocycles. The van der Waals surface area contributed by atoms with Crippen LogP contribution < -0.4 is 0 Å². The van der Waals surface area contributed by atoms with E-state index in [1.54, 1.807) is 14.2 Å². The molecule has 3 nitrogen and oxygen atoms in total. The van der Waals surface area contributed by atoms with Gasteiger partial charge in [0.2, 0.25) is 0 Å². The molecule has 14 heavy (non-hydrogen) atoms. The maximum atomic E-state index is 8.49. The molecular formula is C11H13NO2. The van der Waals surface area contributed by atoms with Crippen LogP contribution >= 0.6 is 0 Å². The first-order chi connectivity index (χ1) is 6.81. The SMILES string of the molecule is COC(OC)c1ccc(CC#N)cc1. The molecule has 1 aromatic rings. The molecule has 3 heteroatoms. The number of hydrogen-bond acceptors (Lipinski definition) is 3. The highest BCUT2D eigenvalue weighted by Gasteiger charge is 2.07. The Balaban J connectivity index is 2.77. The summed E-state index contributed by atoms with van der Waals surface area (Å²) in [6, 6.07) is 9.72. The fourth-order valence-corrected chi connectivity index (χ4v) is 1.25. The Morgan fingerprint density at radius 2 is 1.79 bits per heavy atom. The van der Waals surface area contributed by atoms with Gasteiger partial charge in [0.25, 0.3) is 0 Å². The molecule has 0 bridgehead atoms. The normalized spacial score (nSPS) is 10.1. The van der Waals surface area contributed by atoms with Crippen LogP contribution in [0.4, 0.5) is 0 Å². The number of hydrogen-bond donors (Lipinski definition) is 0. The van der Waals surface area contributed by atoms with Gasteiger partial charge < -0.3 is 9.47 Å². The van der Waals surface area contributed by atoms with Crippen LogP contribution in [0.25, 0.3) is 0 Å². The molecule has 1 rings (SSSR count). The Morgan fingerprint density at radius 1 is 1.21 bits per heavy atom. The van der Waals surface area contributed by atoms with E-state index < -0.39 is 0 Å². The Labute approximate surface area is 83.9 Å². The lowest BCUT2D eigenvalue weighted by atomic mass is 10.1. The van der Waals surface area contributed by atoms with Crippen LogP contribution in [-0.2, 0) is 15.9 Å². The second-order valence-corrected chi connectivity index (χ2v) is 2.88. The highest BCUT2D eigenvalue weighted by Crippen LogP contribution is 2.17. The number of methoxy groups -OCH3 is 2. The molecular weight excluding hydrogens is 178 g/mol. The van der Waals surface area contributed by atoms with Crippen LogP contribution in [0.15, 0.2) is 24.3 Å². The molecule has 0 heterocycles. The third-order valence-electron chi connectivity index (χ3n) is 1.96. The minimum Gasteiger partial charge on any atom is -0.352 e. The maximum absolute atomic E-state index is 8.49. The lowest BCUT2D eigenvalue weighted by molar-refractivity contribution is -0.106. The summed E-state index contributed by atoms with van der Waals surface area (Å²) in [6.45, 7) is 0. The van der Waals surface area contributed by atoms with Gasteiger partial charge in [-0.3, -0.25) is 0 Å². The van der Waals surface area contributed by atoms with Crippen molar-refractivity contribution in [2.24, 2.45) is 0 Å². The van der Waals surface area contributed by atoms with E-state index in [4.69, 9.17) is 14.7 Å². The van der Waals surface area contributed by atoms with E-state index in [-0.39, 0.29) is 6.29 Å². The quantitative estimate of drug-likeness (QED) is 0.684. The summed E-state index contributed by atoms with van der Waals surface area (Å²) in [4.78, 5) is 0. The van der Waals surface area contributed by atoms with E-state index >= 15 is 0 Å². The minimum absolute atomic E-state index is 0.328. The zero-order chi connectivity index (χ0) is 10.4. The molecule has 0 aromatic heterocycles. The molecule has 0 aliphatic carbocycles. The highest BCUT2D eigenvalue weighted by molar-refractivity contribution is 5.25. The summed E-state index contributed by atoms with van der Waals surface area (Å²) in [6.07, 6.45) is 0.108. The molecule has 74 valence electrons. The van der Waals surface area contributed by atoms with E-state index in [1.807, 2.05) is 24.3 Å². The largest absolute Gasteiger partial charge is 0.352 e. The smallest absolute Gasteiger partial charge is 0.183 e. The second kappa shape index (κ2) is 5.38. The summed E-state index contributed by atoms with van der Waals surface area (Å²) >= 11 is 0. The van der Waals surface area contributed by atoms with Gasteiger partial charge >= 0.3 is 0 Å². The van der Waals surface area contributed by atoms with Crippen LogP contribution in [0, 0.1) is 11.3 Å². The number of nitrogens with zero attached hydrogens (tertiary/aromatic N) is 1. The molecule has 0 saturated heterocycles. The zero-order valence-corrected chi connectivity index (χ0v) is 8.36. The van der Waals surface area contributed by atoms with Crippen LogP contribution in [-0.4, -0.2) is 14.2 Å². The average molecular weight is 191 g/mol. The molecule has 0 aliphatic heterocycles. The maximum Gasteiger partial charge on any atom is 0.183 e. The van der Waals surface area contributed by atoms with Crippen molar-refractivity contribution >= 4 is 0 Å². The molecule has 0 radical (unpaired) electrons. The summed E-state index contributed by atoms with van der Waals surface area (Å²) in [5.41, 5.74) is 1.96. The highest BCUT2D eigenvalue weighted by atomic mass is 16.7. The van der Waals surface area contributed by atoms with Crippen LogP contribution in [0.3, 0.4) is 0 Å². The average Bonchev–Trinajstić information content (AvgIpc) is 2.23. The van der Waals surface area contributed by atoms with Crippen LogP contribution in [0.1, 0.15) is 17.4 Å². The van der Waals surface area contributed by atoms with Gasteiger partial charge in [-0.2, -0.15) is 5.26 Å². The van der Waals surface area contributed by atoms with Crippen molar-refractivity contribution < 1.29 is 9.47 Å². The predicted octanol–water partition coefficient (Wildman–Crippen LogP) is 2.04. The Hall–Kier alpha value is -1.37. The van der Waals surface area contributed by atoms with Gasteiger partial charge in [0.15, 0.2) is 6.29 Å². The molecule has 0 spiro atoms. The molecule has 0 N–H and O–H groups in total. The molecule has 0 unspecified atom stereocenters. The van der Waals surface area contributed by atoms with Crippen molar-refractivity contribution in [3.05, 3.63) is 35.4 Å². The number of ether oxygens (including phenoxy) is 2. The Kier molecular flexibility index (Phi) is 4.11. The second-order valence-electron chi connectivity index (χ2n) is 2.88. The minimum atomic E-state index is -0.328. The fourth-order valence-electron chi connectivity index (χ4n) is 1.25. The Morgan fingerprint density at radius 3 is 2.21 bits per heavy atom. The molecule has 0 aliphatic rings. The molecule has 0 fully saturated rings. The lowest BCUT2D eigenvalue weighted by Crippen LogP contribution is -2.03. The topological polar surface area (TPSA) is 42.2 Å². The third-order valence-corrected chi connectivity index (χ3v) is 1.96. The molecule has 0 saturated carbocycles. The number of nitriles is 1. The predicted molar refractivity (Wildman–Crippen MR) is 52.5 cm³/mol. The Bertz CT molecular complexity index is 309. The van der Waals surface area contributed by atoms with Gasteiger partial charge in [0.05, 0.1) is 12.5 Å². The van der Waals surface area contributed by atoms with Crippen molar-refractivity contribution in [2.45, 2.75) is 12.7 Å². The lowest BCUT2D eigenvalue weighted by Gasteiger charge is -2.13. The van der Waals surface area contributed by atoms with Gasteiger partial charge in [0.1, 0.15) is 0 Å². The third kappa shape index (κ3) is 2.56. The summed E-state index contributed by atoms with van der Waals surface area (Å²) in [5.74, 6) is 0. The van der Waals surface area contributed by atoms with Crippen LogP contribution in [0.2, 0.25) is 0 Å².